The molecule has 0 aliphatic carbocycles. The van der Waals surface area contributed by atoms with Gasteiger partial charge in [-0.1, -0.05) is 64.5 Å². The molecule has 0 spiro atoms. The number of rotatable bonds is 5. The van der Waals surface area contributed by atoms with E-state index in [4.69, 9.17) is 0 Å². The zero-order chi connectivity index (χ0) is 23.8. The van der Waals surface area contributed by atoms with Crippen LogP contribution in [0.2, 0.25) is 0 Å². The van der Waals surface area contributed by atoms with Crippen molar-refractivity contribution in [1.29, 1.82) is 0 Å². The molecular formula is C27H23BrN4O2. The Hall–Kier alpha value is -3.84. The summed E-state index contributed by atoms with van der Waals surface area (Å²) in [7, 11) is 0. The minimum atomic E-state index is -0.556. The number of benzene rings is 3. The normalized spacial score (nSPS) is 11.3. The number of nitrogens with one attached hydrogen (secondary N) is 2. The predicted octanol–water partition coefficient (Wildman–Crippen LogP) is 5.20. The van der Waals surface area contributed by atoms with E-state index < -0.39 is 5.92 Å². The lowest BCUT2D eigenvalue weighted by molar-refractivity contribution is 0.830. The Kier molecular flexibility index (Phi) is 5.71. The SMILES string of the molecule is Cc1[nH]n(-c2ccccc2)c(=O)c1C(c1cccc(Br)c1)c1c(C)[nH]n(-c2ccccc2)c1=O. The van der Waals surface area contributed by atoms with Gasteiger partial charge in [-0.3, -0.25) is 19.8 Å². The molecule has 2 aromatic heterocycles. The Morgan fingerprint density at radius 1 is 0.676 bits per heavy atom. The fourth-order valence-corrected chi connectivity index (χ4v) is 4.90. The molecule has 6 nitrogen and oxygen atoms in total. The Labute approximate surface area is 204 Å². The first-order valence-corrected chi connectivity index (χ1v) is 11.7. The van der Waals surface area contributed by atoms with Gasteiger partial charge in [-0.25, -0.2) is 9.36 Å². The lowest BCUT2D eigenvalue weighted by atomic mass is 9.85. The summed E-state index contributed by atoms with van der Waals surface area (Å²) in [6.07, 6.45) is 0. The van der Waals surface area contributed by atoms with Crippen molar-refractivity contribution in [2.75, 3.05) is 0 Å². The van der Waals surface area contributed by atoms with Crippen LogP contribution in [0.5, 0.6) is 0 Å². The predicted molar refractivity (Wildman–Crippen MR) is 137 cm³/mol. The number of hydrogen-bond donors (Lipinski definition) is 2. The quantitative estimate of drug-likeness (QED) is 0.338. The Morgan fingerprint density at radius 3 is 1.59 bits per heavy atom. The summed E-state index contributed by atoms with van der Waals surface area (Å²) in [6, 6.07) is 26.6. The minimum Gasteiger partial charge on any atom is -0.295 e. The highest BCUT2D eigenvalue weighted by atomic mass is 79.9. The Balaban J connectivity index is 1.78. The van der Waals surface area contributed by atoms with E-state index in [1.165, 1.54) is 9.36 Å². The molecule has 0 saturated heterocycles. The van der Waals surface area contributed by atoms with Crippen molar-refractivity contribution in [3.8, 4) is 11.4 Å². The van der Waals surface area contributed by atoms with E-state index in [1.807, 2.05) is 98.8 Å². The van der Waals surface area contributed by atoms with Crippen LogP contribution < -0.4 is 11.1 Å². The third-order valence-electron chi connectivity index (χ3n) is 6.02. The van der Waals surface area contributed by atoms with Gasteiger partial charge in [-0.15, -0.1) is 0 Å². The van der Waals surface area contributed by atoms with Gasteiger partial charge in [-0.2, -0.15) is 0 Å². The van der Waals surface area contributed by atoms with Gasteiger partial charge in [0.05, 0.1) is 22.5 Å². The minimum absolute atomic E-state index is 0.181. The smallest absolute Gasteiger partial charge is 0.275 e. The first kappa shape index (κ1) is 22.0. The molecule has 0 bridgehead atoms. The molecule has 0 radical (unpaired) electrons. The van der Waals surface area contributed by atoms with Crippen molar-refractivity contribution >= 4 is 15.9 Å². The Bertz CT molecular complexity index is 1480. The monoisotopic (exact) mass is 514 g/mol. The van der Waals surface area contributed by atoms with Crippen LogP contribution in [-0.4, -0.2) is 19.6 Å². The van der Waals surface area contributed by atoms with Crippen LogP contribution >= 0.6 is 15.9 Å². The molecule has 7 heteroatoms. The van der Waals surface area contributed by atoms with E-state index in [0.717, 1.165) is 21.4 Å². The van der Waals surface area contributed by atoms with E-state index in [2.05, 4.69) is 26.1 Å². The first-order valence-electron chi connectivity index (χ1n) is 10.9. The first-order chi connectivity index (χ1) is 16.5. The molecule has 0 aliphatic rings. The Morgan fingerprint density at radius 2 is 1.15 bits per heavy atom. The van der Waals surface area contributed by atoms with Crippen molar-refractivity contribution < 1.29 is 0 Å². The summed E-state index contributed by atoms with van der Waals surface area (Å²) in [4.78, 5) is 27.5. The van der Waals surface area contributed by atoms with Gasteiger partial charge in [-0.05, 0) is 55.8 Å². The molecule has 0 unspecified atom stereocenters. The molecule has 3 aromatic carbocycles. The molecule has 2 N–H and O–H groups in total. The van der Waals surface area contributed by atoms with E-state index in [0.29, 0.717) is 22.5 Å². The van der Waals surface area contributed by atoms with Crippen molar-refractivity contribution in [3.05, 3.63) is 138 Å². The van der Waals surface area contributed by atoms with Gasteiger partial charge in [0.1, 0.15) is 0 Å². The summed E-state index contributed by atoms with van der Waals surface area (Å²) in [5, 5.41) is 6.43. The number of para-hydroxylation sites is 2. The lowest BCUT2D eigenvalue weighted by Crippen LogP contribution is -2.25. The topological polar surface area (TPSA) is 75.6 Å². The molecular weight excluding hydrogens is 492 g/mol. The molecule has 5 rings (SSSR count). The molecule has 0 aliphatic heterocycles. The molecule has 2 heterocycles. The van der Waals surface area contributed by atoms with E-state index in [9.17, 15) is 9.59 Å². The summed E-state index contributed by atoms with van der Waals surface area (Å²) in [6.45, 7) is 3.75. The molecule has 0 saturated carbocycles. The molecule has 5 aromatic rings. The molecule has 34 heavy (non-hydrogen) atoms. The largest absolute Gasteiger partial charge is 0.295 e. The number of aryl methyl sites for hydroxylation is 2. The van der Waals surface area contributed by atoms with Gasteiger partial charge < -0.3 is 0 Å². The van der Waals surface area contributed by atoms with E-state index in [-0.39, 0.29) is 11.1 Å². The molecule has 0 atom stereocenters. The number of H-pyrrole nitrogens is 2. The van der Waals surface area contributed by atoms with Crippen molar-refractivity contribution in [2.24, 2.45) is 0 Å². The number of hydrogen-bond acceptors (Lipinski definition) is 2. The number of halogens is 1. The van der Waals surface area contributed by atoms with Crippen molar-refractivity contribution in [2.45, 2.75) is 19.8 Å². The molecule has 0 fully saturated rings. The fraction of sp³-hybridized carbons (Fsp3) is 0.111. The summed E-state index contributed by atoms with van der Waals surface area (Å²) >= 11 is 3.55. The second-order valence-corrected chi connectivity index (χ2v) is 9.16. The van der Waals surface area contributed by atoms with Crippen LogP contribution in [0, 0.1) is 13.8 Å². The average molecular weight is 515 g/mol. The van der Waals surface area contributed by atoms with Crippen LogP contribution in [-0.2, 0) is 0 Å². The summed E-state index contributed by atoms with van der Waals surface area (Å²) in [5.74, 6) is -0.556. The van der Waals surface area contributed by atoms with Crippen LogP contribution in [0.3, 0.4) is 0 Å². The number of aromatic amines is 2. The standard InChI is InChI=1S/C27H23BrN4O2/c1-17-23(26(33)31(29-17)21-12-5-3-6-13-21)25(19-10-9-11-20(28)16-19)24-18(2)30-32(27(24)34)22-14-7-4-8-15-22/h3-16,25,29-30H,1-2H3. The van der Waals surface area contributed by atoms with Crippen molar-refractivity contribution in [3.63, 3.8) is 0 Å². The maximum atomic E-state index is 13.8. The second kappa shape index (κ2) is 8.83. The van der Waals surface area contributed by atoms with Crippen LogP contribution in [0.25, 0.3) is 11.4 Å². The zero-order valence-electron chi connectivity index (χ0n) is 18.7. The van der Waals surface area contributed by atoms with Gasteiger partial charge in [0.2, 0.25) is 0 Å². The van der Waals surface area contributed by atoms with Gasteiger partial charge in [0.25, 0.3) is 11.1 Å². The summed E-state index contributed by atoms with van der Waals surface area (Å²) < 4.78 is 3.95. The van der Waals surface area contributed by atoms with Gasteiger partial charge in [0, 0.05) is 21.8 Å². The molecule has 170 valence electrons. The van der Waals surface area contributed by atoms with Crippen molar-refractivity contribution in [1.82, 2.24) is 19.6 Å². The fourth-order valence-electron chi connectivity index (χ4n) is 4.48. The molecule has 0 amide bonds. The second-order valence-electron chi connectivity index (χ2n) is 8.24. The highest BCUT2D eigenvalue weighted by Crippen LogP contribution is 2.33. The van der Waals surface area contributed by atoms with Gasteiger partial charge >= 0.3 is 0 Å². The highest BCUT2D eigenvalue weighted by Gasteiger charge is 2.30. The number of aromatic nitrogens is 4. The third kappa shape index (κ3) is 3.78. The third-order valence-corrected chi connectivity index (χ3v) is 6.52. The maximum absolute atomic E-state index is 13.8. The van der Waals surface area contributed by atoms with E-state index >= 15 is 0 Å². The number of nitrogens with zero attached hydrogens (tertiary/aromatic N) is 2. The van der Waals surface area contributed by atoms with Crippen LogP contribution in [0.15, 0.2) is 99.0 Å². The van der Waals surface area contributed by atoms with Gasteiger partial charge in [0.15, 0.2) is 0 Å². The zero-order valence-corrected chi connectivity index (χ0v) is 20.3. The maximum Gasteiger partial charge on any atom is 0.275 e. The van der Waals surface area contributed by atoms with E-state index in [1.54, 1.807) is 0 Å². The van der Waals surface area contributed by atoms with Crippen LogP contribution in [0.4, 0.5) is 0 Å². The average Bonchev–Trinajstić information content (AvgIpc) is 3.31. The lowest BCUT2D eigenvalue weighted by Gasteiger charge is -2.16. The highest BCUT2D eigenvalue weighted by molar-refractivity contribution is 9.10. The summed E-state index contributed by atoms with van der Waals surface area (Å²) in [5.41, 5.74) is 4.48. The van der Waals surface area contributed by atoms with Crippen LogP contribution in [0.1, 0.15) is 34.0 Å².